The number of amides is 2. The lowest BCUT2D eigenvalue weighted by molar-refractivity contribution is -0.117. The van der Waals surface area contributed by atoms with Crippen molar-refractivity contribution in [3.63, 3.8) is 0 Å². The van der Waals surface area contributed by atoms with E-state index >= 15 is 0 Å². The van der Waals surface area contributed by atoms with Crippen molar-refractivity contribution >= 4 is 17.8 Å². The SMILES string of the molecule is C#C[C@H]1C[C@@H]1C(=O)Nc1cc([C@@H]2C[C@H](OC(=O)N[C@@H](C)CC)CO2)[nH]n1. The number of H-pyrrole nitrogens is 1. The number of hydrogen-bond donors (Lipinski definition) is 3. The molecule has 1 aliphatic carbocycles. The molecule has 5 atom stereocenters. The molecule has 1 aromatic heterocycles. The summed E-state index contributed by atoms with van der Waals surface area (Å²) in [5.74, 6) is 2.83. The number of nitrogens with one attached hydrogen (secondary N) is 3. The van der Waals surface area contributed by atoms with Crippen LogP contribution in [0.25, 0.3) is 0 Å². The Morgan fingerprint density at radius 3 is 3.04 bits per heavy atom. The number of ether oxygens (including phenoxy) is 2. The first-order chi connectivity index (χ1) is 12.5. The van der Waals surface area contributed by atoms with Gasteiger partial charge in [-0.3, -0.25) is 9.89 Å². The standard InChI is InChI=1S/C18H24N4O4/c1-4-10(3)19-18(24)26-12-7-15(25-9-12)14-8-16(22-21-14)20-17(23)13-6-11(13)5-2/h2,8,10-13,15H,4,6-7,9H2,1,3H3,(H,19,24)(H2,20,21,22,23)/t10-,11-,12-,13-,15-/m0/s1. The summed E-state index contributed by atoms with van der Waals surface area (Å²) in [4.78, 5) is 23.8. The van der Waals surface area contributed by atoms with Gasteiger partial charge in [0.05, 0.1) is 18.2 Å². The first kappa shape index (κ1) is 18.3. The molecular formula is C18H24N4O4. The topological polar surface area (TPSA) is 105 Å². The maximum absolute atomic E-state index is 12.0. The van der Waals surface area contributed by atoms with Crippen LogP contribution in [0, 0.1) is 24.2 Å². The Morgan fingerprint density at radius 2 is 2.35 bits per heavy atom. The largest absolute Gasteiger partial charge is 0.444 e. The highest BCUT2D eigenvalue weighted by Crippen LogP contribution is 2.38. The lowest BCUT2D eigenvalue weighted by Gasteiger charge is -2.14. The van der Waals surface area contributed by atoms with Gasteiger partial charge in [-0.05, 0) is 19.8 Å². The number of aromatic amines is 1. The van der Waals surface area contributed by atoms with Gasteiger partial charge in [0.2, 0.25) is 5.91 Å². The molecule has 1 aromatic rings. The summed E-state index contributed by atoms with van der Waals surface area (Å²) >= 11 is 0. The molecule has 1 saturated heterocycles. The van der Waals surface area contributed by atoms with Crippen LogP contribution < -0.4 is 10.6 Å². The molecule has 140 valence electrons. The Kier molecular flexibility index (Phi) is 5.47. The van der Waals surface area contributed by atoms with Gasteiger partial charge in [-0.2, -0.15) is 5.10 Å². The Balaban J connectivity index is 1.47. The molecule has 0 aromatic carbocycles. The van der Waals surface area contributed by atoms with Gasteiger partial charge in [-0.25, -0.2) is 4.79 Å². The van der Waals surface area contributed by atoms with Gasteiger partial charge in [-0.15, -0.1) is 12.3 Å². The quantitative estimate of drug-likeness (QED) is 0.673. The smallest absolute Gasteiger partial charge is 0.407 e. The van der Waals surface area contributed by atoms with E-state index < -0.39 is 6.09 Å². The van der Waals surface area contributed by atoms with Crippen molar-refractivity contribution in [1.29, 1.82) is 0 Å². The molecule has 0 radical (unpaired) electrons. The summed E-state index contributed by atoms with van der Waals surface area (Å²) in [7, 11) is 0. The van der Waals surface area contributed by atoms with Gasteiger partial charge in [0.1, 0.15) is 12.2 Å². The zero-order valence-electron chi connectivity index (χ0n) is 15.0. The van der Waals surface area contributed by atoms with Gasteiger partial charge in [-0.1, -0.05) is 6.92 Å². The molecule has 2 aliphatic rings. The molecular weight excluding hydrogens is 336 g/mol. The van der Waals surface area contributed by atoms with E-state index in [1.807, 2.05) is 13.8 Å². The molecule has 26 heavy (non-hydrogen) atoms. The number of alkyl carbamates (subject to hydrolysis) is 1. The molecule has 2 amide bonds. The lowest BCUT2D eigenvalue weighted by Crippen LogP contribution is -2.35. The van der Waals surface area contributed by atoms with E-state index in [1.54, 1.807) is 6.07 Å². The minimum absolute atomic E-state index is 0.0334. The Labute approximate surface area is 152 Å². The molecule has 0 spiro atoms. The number of aromatic nitrogens is 2. The number of hydrogen-bond acceptors (Lipinski definition) is 5. The molecule has 8 nitrogen and oxygen atoms in total. The molecule has 1 aliphatic heterocycles. The van der Waals surface area contributed by atoms with E-state index in [9.17, 15) is 9.59 Å². The number of rotatable bonds is 6. The first-order valence-electron chi connectivity index (χ1n) is 8.91. The monoisotopic (exact) mass is 360 g/mol. The Bertz CT molecular complexity index is 710. The summed E-state index contributed by atoms with van der Waals surface area (Å²) in [6.07, 6.45) is 6.41. The van der Waals surface area contributed by atoms with Crippen molar-refractivity contribution in [1.82, 2.24) is 15.5 Å². The molecule has 1 saturated carbocycles. The van der Waals surface area contributed by atoms with Crippen LogP contribution in [-0.2, 0) is 14.3 Å². The molecule has 8 heteroatoms. The highest BCUT2D eigenvalue weighted by Gasteiger charge is 2.42. The second-order valence-electron chi connectivity index (χ2n) is 6.85. The highest BCUT2D eigenvalue weighted by molar-refractivity contribution is 5.94. The van der Waals surface area contributed by atoms with Gasteiger partial charge in [0, 0.05) is 24.4 Å². The van der Waals surface area contributed by atoms with Crippen LogP contribution in [0.1, 0.15) is 44.9 Å². The van der Waals surface area contributed by atoms with Crippen molar-refractivity contribution in [3.05, 3.63) is 11.8 Å². The van der Waals surface area contributed by atoms with Crippen molar-refractivity contribution in [2.75, 3.05) is 11.9 Å². The summed E-state index contributed by atoms with van der Waals surface area (Å²) < 4.78 is 11.1. The summed E-state index contributed by atoms with van der Waals surface area (Å²) in [6, 6.07) is 1.80. The lowest BCUT2D eigenvalue weighted by atomic mass is 10.1. The Hall–Kier alpha value is -2.53. The molecule has 2 heterocycles. The molecule has 3 rings (SSSR count). The number of carbonyl (C=O) groups is 2. The normalized spacial score (nSPS) is 28.0. The minimum Gasteiger partial charge on any atom is -0.444 e. The van der Waals surface area contributed by atoms with Crippen LogP contribution in [0.5, 0.6) is 0 Å². The fraction of sp³-hybridized carbons (Fsp3) is 0.611. The second kappa shape index (κ2) is 7.79. The van der Waals surface area contributed by atoms with Gasteiger partial charge >= 0.3 is 6.09 Å². The van der Waals surface area contributed by atoms with Gasteiger partial charge in [0.25, 0.3) is 0 Å². The van der Waals surface area contributed by atoms with E-state index in [0.717, 1.165) is 18.5 Å². The van der Waals surface area contributed by atoms with Crippen molar-refractivity contribution in [2.45, 2.75) is 51.4 Å². The third kappa shape index (κ3) is 4.35. The maximum Gasteiger partial charge on any atom is 0.407 e. The predicted molar refractivity (Wildman–Crippen MR) is 94.1 cm³/mol. The summed E-state index contributed by atoms with van der Waals surface area (Å²) in [5.41, 5.74) is 0.734. The fourth-order valence-corrected chi connectivity index (χ4v) is 2.84. The average molecular weight is 360 g/mol. The van der Waals surface area contributed by atoms with E-state index in [4.69, 9.17) is 15.9 Å². The maximum atomic E-state index is 12.0. The molecule has 0 unspecified atom stereocenters. The van der Waals surface area contributed by atoms with Crippen molar-refractivity contribution < 1.29 is 19.1 Å². The third-order valence-corrected chi connectivity index (χ3v) is 4.75. The first-order valence-corrected chi connectivity index (χ1v) is 8.91. The minimum atomic E-state index is -0.432. The number of nitrogens with zero attached hydrogens (tertiary/aromatic N) is 1. The zero-order valence-corrected chi connectivity index (χ0v) is 15.0. The van der Waals surface area contributed by atoms with Crippen LogP contribution in [0.4, 0.5) is 10.6 Å². The van der Waals surface area contributed by atoms with E-state index in [0.29, 0.717) is 18.8 Å². The Morgan fingerprint density at radius 1 is 1.54 bits per heavy atom. The van der Waals surface area contributed by atoms with Gasteiger partial charge in [0.15, 0.2) is 5.82 Å². The van der Waals surface area contributed by atoms with Crippen molar-refractivity contribution in [3.8, 4) is 12.3 Å². The van der Waals surface area contributed by atoms with E-state index in [1.165, 1.54) is 0 Å². The van der Waals surface area contributed by atoms with Crippen LogP contribution in [0.15, 0.2) is 6.07 Å². The fourth-order valence-electron chi connectivity index (χ4n) is 2.84. The molecule has 3 N–H and O–H groups in total. The zero-order chi connectivity index (χ0) is 18.7. The molecule has 2 fully saturated rings. The average Bonchev–Trinajstić information content (AvgIpc) is 3.03. The summed E-state index contributed by atoms with van der Waals surface area (Å²) in [5, 5.41) is 12.5. The summed E-state index contributed by atoms with van der Waals surface area (Å²) in [6.45, 7) is 4.23. The predicted octanol–water partition coefficient (Wildman–Crippen LogP) is 1.97. The number of terminal acetylenes is 1. The van der Waals surface area contributed by atoms with E-state index in [2.05, 4.69) is 26.8 Å². The number of anilines is 1. The van der Waals surface area contributed by atoms with Crippen LogP contribution >= 0.6 is 0 Å². The number of carbonyl (C=O) groups excluding carboxylic acids is 2. The van der Waals surface area contributed by atoms with Gasteiger partial charge < -0.3 is 20.1 Å². The van der Waals surface area contributed by atoms with Crippen LogP contribution in [-0.4, -0.2) is 41.0 Å². The molecule has 0 bridgehead atoms. The van der Waals surface area contributed by atoms with Crippen molar-refractivity contribution in [2.24, 2.45) is 11.8 Å². The van der Waals surface area contributed by atoms with Crippen LogP contribution in [0.2, 0.25) is 0 Å². The third-order valence-electron chi connectivity index (χ3n) is 4.75. The highest BCUT2D eigenvalue weighted by atomic mass is 16.6. The second-order valence-corrected chi connectivity index (χ2v) is 6.85. The van der Waals surface area contributed by atoms with Crippen LogP contribution in [0.3, 0.4) is 0 Å². The van der Waals surface area contributed by atoms with E-state index in [-0.39, 0.29) is 36.0 Å².